The quantitative estimate of drug-likeness (QED) is 0.476. The Kier molecular flexibility index (Phi) is 4.95. The van der Waals surface area contributed by atoms with Crippen LogP contribution in [0.25, 0.3) is 11.3 Å². The van der Waals surface area contributed by atoms with E-state index in [1.807, 2.05) is 30.3 Å². The summed E-state index contributed by atoms with van der Waals surface area (Å²) < 4.78 is 1.56. The van der Waals surface area contributed by atoms with Gasteiger partial charge >= 0.3 is 11.7 Å². The van der Waals surface area contributed by atoms with Gasteiger partial charge in [0.25, 0.3) is 0 Å². The summed E-state index contributed by atoms with van der Waals surface area (Å²) in [6.45, 7) is 0. The van der Waals surface area contributed by atoms with Crippen LogP contribution >= 0.6 is 0 Å². The van der Waals surface area contributed by atoms with Crippen LogP contribution in [0.2, 0.25) is 0 Å². The molecule has 0 saturated heterocycles. The minimum absolute atomic E-state index is 0.169. The van der Waals surface area contributed by atoms with Gasteiger partial charge in [-0.2, -0.15) is 4.57 Å². The molecular formula is C26H20N3O3+. The molecule has 2 N–H and O–H groups in total. The maximum atomic E-state index is 13.2. The van der Waals surface area contributed by atoms with Gasteiger partial charge in [0.1, 0.15) is 29.1 Å². The predicted octanol–water partition coefficient (Wildman–Crippen LogP) is 4.01. The van der Waals surface area contributed by atoms with Gasteiger partial charge in [-0.15, -0.1) is 0 Å². The van der Waals surface area contributed by atoms with E-state index in [9.17, 15) is 15.0 Å². The van der Waals surface area contributed by atoms with Crippen LogP contribution in [0, 0.1) is 0 Å². The second-order valence-corrected chi connectivity index (χ2v) is 7.68. The number of aromatic nitrogens is 2. The van der Waals surface area contributed by atoms with E-state index >= 15 is 0 Å². The number of hydrogen-bond acceptors (Lipinski definition) is 5. The molecule has 0 atom stereocenters. The number of carbonyl (C=O) groups excluding carboxylic acids is 1. The molecule has 3 aromatic carbocycles. The minimum atomic E-state index is -0.190. The molecule has 4 aromatic rings. The van der Waals surface area contributed by atoms with Gasteiger partial charge in [0.05, 0.1) is 0 Å². The first-order chi connectivity index (χ1) is 15.6. The molecule has 6 heteroatoms. The van der Waals surface area contributed by atoms with Gasteiger partial charge in [-0.3, -0.25) is 0 Å². The monoisotopic (exact) mass is 422 g/mol. The molecule has 0 amide bonds. The van der Waals surface area contributed by atoms with E-state index in [0.29, 0.717) is 35.8 Å². The summed E-state index contributed by atoms with van der Waals surface area (Å²) in [6.07, 6.45) is 2.59. The van der Waals surface area contributed by atoms with Crippen LogP contribution in [0.5, 0.6) is 11.5 Å². The number of phenolic OH excluding ortho intramolecular Hbond substituents is 2. The van der Waals surface area contributed by atoms with Gasteiger partial charge in [-0.05, 0) is 52.5 Å². The maximum absolute atomic E-state index is 13.2. The SMILES string of the molecule is O=C1C(Cc2ccc(O)cc2)=Nc2c(Cc3ccccc3)nc(-c3ccc(O)cc3)c[n+]21. The van der Waals surface area contributed by atoms with E-state index in [1.165, 1.54) is 0 Å². The first-order valence-electron chi connectivity index (χ1n) is 10.3. The molecule has 0 fully saturated rings. The lowest BCUT2D eigenvalue weighted by atomic mass is 10.1. The number of aromatic hydroxyl groups is 2. The third-order valence-electron chi connectivity index (χ3n) is 5.38. The lowest BCUT2D eigenvalue weighted by Gasteiger charge is -2.06. The molecule has 1 aliphatic rings. The third-order valence-corrected chi connectivity index (χ3v) is 5.38. The van der Waals surface area contributed by atoms with Crippen molar-refractivity contribution in [1.29, 1.82) is 0 Å². The lowest BCUT2D eigenvalue weighted by Crippen LogP contribution is -2.44. The fraction of sp³-hybridized carbons (Fsp3) is 0.0769. The zero-order valence-corrected chi connectivity index (χ0v) is 17.1. The number of nitrogens with zero attached hydrogens (tertiary/aromatic N) is 3. The van der Waals surface area contributed by atoms with Gasteiger partial charge < -0.3 is 10.2 Å². The highest BCUT2D eigenvalue weighted by molar-refractivity contribution is 6.37. The van der Waals surface area contributed by atoms with Crippen LogP contribution < -0.4 is 4.57 Å². The fourth-order valence-corrected chi connectivity index (χ4v) is 3.74. The van der Waals surface area contributed by atoms with Crippen molar-refractivity contribution in [3.8, 4) is 22.8 Å². The Hall–Kier alpha value is -4.32. The molecule has 1 aliphatic heterocycles. The highest BCUT2D eigenvalue weighted by Crippen LogP contribution is 2.26. The van der Waals surface area contributed by atoms with Crippen LogP contribution in [0.3, 0.4) is 0 Å². The van der Waals surface area contributed by atoms with Crippen LogP contribution in [0.15, 0.2) is 90.1 Å². The Balaban J connectivity index is 1.57. The molecule has 32 heavy (non-hydrogen) atoms. The van der Waals surface area contributed by atoms with Crippen molar-refractivity contribution >= 4 is 17.4 Å². The lowest BCUT2D eigenvalue weighted by molar-refractivity contribution is -0.551. The Bertz CT molecular complexity index is 1330. The summed E-state index contributed by atoms with van der Waals surface area (Å²) in [4.78, 5) is 22.7. The molecule has 5 rings (SSSR count). The maximum Gasteiger partial charge on any atom is 0.386 e. The van der Waals surface area contributed by atoms with Gasteiger partial charge in [-0.1, -0.05) is 42.5 Å². The van der Waals surface area contributed by atoms with E-state index < -0.39 is 0 Å². The number of fused-ring (bicyclic) bond motifs is 1. The van der Waals surface area contributed by atoms with Crippen molar-refractivity contribution in [3.63, 3.8) is 0 Å². The Morgan fingerprint density at radius 1 is 0.750 bits per heavy atom. The average Bonchev–Trinajstić information content (AvgIpc) is 3.12. The molecule has 0 aliphatic carbocycles. The van der Waals surface area contributed by atoms with Crippen molar-refractivity contribution in [1.82, 2.24) is 4.98 Å². The van der Waals surface area contributed by atoms with Gasteiger partial charge in [0.2, 0.25) is 5.71 Å². The van der Waals surface area contributed by atoms with E-state index in [0.717, 1.165) is 16.7 Å². The number of hydrogen-bond donors (Lipinski definition) is 2. The molecule has 1 aromatic heterocycles. The zero-order valence-electron chi connectivity index (χ0n) is 17.1. The Labute approximate surface area is 184 Å². The highest BCUT2D eigenvalue weighted by atomic mass is 16.3. The van der Waals surface area contributed by atoms with E-state index in [1.54, 1.807) is 59.3 Å². The molecule has 6 nitrogen and oxygen atoms in total. The number of phenols is 2. The predicted molar refractivity (Wildman–Crippen MR) is 120 cm³/mol. The van der Waals surface area contributed by atoms with E-state index in [2.05, 4.69) is 4.99 Å². The second-order valence-electron chi connectivity index (χ2n) is 7.68. The minimum Gasteiger partial charge on any atom is -0.508 e. The molecule has 0 radical (unpaired) electrons. The van der Waals surface area contributed by atoms with Crippen molar-refractivity contribution < 1.29 is 19.6 Å². The summed E-state index contributed by atoms with van der Waals surface area (Å²) >= 11 is 0. The summed E-state index contributed by atoms with van der Waals surface area (Å²) in [5.41, 5.74) is 4.52. The van der Waals surface area contributed by atoms with Crippen LogP contribution in [0.4, 0.5) is 5.82 Å². The van der Waals surface area contributed by atoms with Crippen molar-refractivity contribution in [2.75, 3.05) is 0 Å². The van der Waals surface area contributed by atoms with Crippen molar-refractivity contribution in [3.05, 3.63) is 102 Å². The summed E-state index contributed by atoms with van der Waals surface area (Å²) in [6, 6.07) is 23.4. The molecule has 0 saturated carbocycles. The molecule has 0 unspecified atom stereocenters. The second kappa shape index (κ2) is 8.07. The van der Waals surface area contributed by atoms with Gasteiger partial charge in [0, 0.05) is 18.4 Å². The third kappa shape index (κ3) is 3.86. The van der Waals surface area contributed by atoms with Crippen molar-refractivity contribution in [2.24, 2.45) is 4.99 Å². The summed E-state index contributed by atoms with van der Waals surface area (Å²) in [7, 11) is 0. The average molecular weight is 422 g/mol. The molecular weight excluding hydrogens is 402 g/mol. The first-order valence-corrected chi connectivity index (χ1v) is 10.3. The van der Waals surface area contributed by atoms with Gasteiger partial charge in [0.15, 0.2) is 0 Å². The topological polar surface area (TPSA) is 86.7 Å². The van der Waals surface area contributed by atoms with Crippen molar-refractivity contribution in [2.45, 2.75) is 12.8 Å². The van der Waals surface area contributed by atoms with E-state index in [-0.39, 0.29) is 17.4 Å². The highest BCUT2D eigenvalue weighted by Gasteiger charge is 2.37. The molecule has 0 spiro atoms. The fourth-order valence-electron chi connectivity index (χ4n) is 3.74. The van der Waals surface area contributed by atoms with Crippen LogP contribution in [0.1, 0.15) is 21.6 Å². The Morgan fingerprint density at radius 2 is 1.38 bits per heavy atom. The standard InChI is InChI=1S/C26H19N3O3/c30-20-10-6-18(7-11-20)15-23-26(32)29-16-24(19-8-12-21(31)13-9-19)27-22(25(29)28-23)14-17-4-2-1-3-5-17/h1-13,16H,14-15H2,(H-,27,30,31,32)/p+1. The first kappa shape index (κ1) is 19.6. The normalized spacial score (nSPS) is 12.5. The summed E-state index contributed by atoms with van der Waals surface area (Å²) in [5, 5.41) is 19.1. The number of benzene rings is 3. The molecule has 156 valence electrons. The van der Waals surface area contributed by atoms with E-state index in [4.69, 9.17) is 4.98 Å². The van der Waals surface area contributed by atoms with Crippen LogP contribution in [-0.2, 0) is 12.8 Å². The zero-order chi connectivity index (χ0) is 22.1. The smallest absolute Gasteiger partial charge is 0.386 e. The Morgan fingerprint density at radius 3 is 2.06 bits per heavy atom. The number of carbonyl (C=O) groups is 1. The van der Waals surface area contributed by atoms with Crippen LogP contribution in [-0.4, -0.2) is 26.8 Å². The molecule has 0 bridgehead atoms. The number of rotatable bonds is 5. The largest absolute Gasteiger partial charge is 0.508 e. The summed E-state index contributed by atoms with van der Waals surface area (Å²) in [5.74, 6) is 0.696. The number of aliphatic imine (C=N–C) groups is 1. The molecule has 2 heterocycles. The van der Waals surface area contributed by atoms with Gasteiger partial charge in [-0.25, -0.2) is 9.78 Å².